The second kappa shape index (κ2) is 7.43. The standard InChI is InChI=1S/C16H24N2O3/c1-11-3-4-14(18-16(19)12(2)17)9-15(11)21-10-13-5-7-20-8-6-13/h3-4,9,12-13H,5-8,10,17H2,1-2H3,(H,18,19)/t12-/m0/s1. The normalized spacial score (nSPS) is 17.3. The number of hydrogen-bond donors (Lipinski definition) is 2. The van der Waals surface area contributed by atoms with Crippen LogP contribution in [0.5, 0.6) is 5.75 Å². The number of benzene rings is 1. The molecule has 1 atom stereocenters. The summed E-state index contributed by atoms with van der Waals surface area (Å²) in [5, 5.41) is 2.78. The summed E-state index contributed by atoms with van der Waals surface area (Å²) in [4.78, 5) is 11.6. The molecule has 1 aliphatic heterocycles. The molecule has 2 rings (SSSR count). The fraction of sp³-hybridized carbons (Fsp3) is 0.562. The third-order valence-corrected chi connectivity index (χ3v) is 3.68. The molecular formula is C16H24N2O3. The van der Waals surface area contributed by atoms with Crippen molar-refractivity contribution < 1.29 is 14.3 Å². The van der Waals surface area contributed by atoms with Gasteiger partial charge in [-0.2, -0.15) is 0 Å². The van der Waals surface area contributed by atoms with Gasteiger partial charge in [-0.05, 0) is 44.2 Å². The number of ether oxygens (including phenoxy) is 2. The largest absolute Gasteiger partial charge is 0.493 e. The van der Waals surface area contributed by atoms with Gasteiger partial charge < -0.3 is 20.5 Å². The van der Waals surface area contributed by atoms with Crippen molar-refractivity contribution in [1.82, 2.24) is 0 Å². The molecule has 5 nitrogen and oxygen atoms in total. The molecule has 1 saturated heterocycles. The molecule has 3 N–H and O–H groups in total. The summed E-state index contributed by atoms with van der Waals surface area (Å²) in [6.07, 6.45) is 2.08. The molecule has 1 aromatic carbocycles. The fourth-order valence-corrected chi connectivity index (χ4v) is 2.21. The Morgan fingerprint density at radius 3 is 2.86 bits per heavy atom. The van der Waals surface area contributed by atoms with E-state index in [1.54, 1.807) is 6.92 Å². The van der Waals surface area contributed by atoms with E-state index in [4.69, 9.17) is 15.2 Å². The maximum atomic E-state index is 11.6. The third-order valence-electron chi connectivity index (χ3n) is 3.68. The highest BCUT2D eigenvalue weighted by atomic mass is 16.5. The van der Waals surface area contributed by atoms with E-state index in [-0.39, 0.29) is 5.91 Å². The van der Waals surface area contributed by atoms with Gasteiger partial charge >= 0.3 is 0 Å². The quantitative estimate of drug-likeness (QED) is 0.871. The number of carbonyl (C=O) groups excluding carboxylic acids is 1. The Morgan fingerprint density at radius 1 is 1.48 bits per heavy atom. The molecule has 0 spiro atoms. The number of amides is 1. The highest BCUT2D eigenvalue weighted by Crippen LogP contribution is 2.24. The highest BCUT2D eigenvalue weighted by Gasteiger charge is 2.15. The molecule has 1 amide bonds. The predicted molar refractivity (Wildman–Crippen MR) is 82.5 cm³/mol. The third kappa shape index (κ3) is 4.72. The van der Waals surface area contributed by atoms with Crippen molar-refractivity contribution in [2.75, 3.05) is 25.1 Å². The zero-order valence-electron chi connectivity index (χ0n) is 12.7. The first-order valence-electron chi connectivity index (χ1n) is 7.44. The van der Waals surface area contributed by atoms with Gasteiger partial charge in [0.2, 0.25) is 5.91 Å². The lowest BCUT2D eigenvalue weighted by molar-refractivity contribution is -0.117. The molecule has 0 unspecified atom stereocenters. The van der Waals surface area contributed by atoms with Crippen LogP contribution in [-0.2, 0) is 9.53 Å². The Bertz CT molecular complexity index is 482. The maximum absolute atomic E-state index is 11.6. The second-order valence-electron chi connectivity index (χ2n) is 5.62. The van der Waals surface area contributed by atoms with Crippen molar-refractivity contribution in [2.45, 2.75) is 32.7 Å². The van der Waals surface area contributed by atoms with Gasteiger partial charge in [0.05, 0.1) is 12.6 Å². The first-order chi connectivity index (χ1) is 10.1. The number of carbonyl (C=O) groups is 1. The Hall–Kier alpha value is -1.59. The van der Waals surface area contributed by atoms with Crippen LogP contribution in [0, 0.1) is 12.8 Å². The van der Waals surface area contributed by atoms with Crippen LogP contribution in [0.15, 0.2) is 18.2 Å². The number of anilines is 1. The van der Waals surface area contributed by atoms with E-state index < -0.39 is 6.04 Å². The number of aryl methyl sites for hydroxylation is 1. The van der Waals surface area contributed by atoms with E-state index in [2.05, 4.69) is 5.32 Å². The summed E-state index contributed by atoms with van der Waals surface area (Å²) in [5.74, 6) is 1.15. The molecule has 5 heteroatoms. The van der Waals surface area contributed by atoms with E-state index in [1.807, 2.05) is 25.1 Å². The Labute approximate surface area is 125 Å². The minimum atomic E-state index is -0.530. The van der Waals surface area contributed by atoms with Crippen LogP contribution in [0.2, 0.25) is 0 Å². The lowest BCUT2D eigenvalue weighted by atomic mass is 10.0. The van der Waals surface area contributed by atoms with Gasteiger partial charge in [0.15, 0.2) is 0 Å². The summed E-state index contributed by atoms with van der Waals surface area (Å²) in [6, 6.07) is 5.13. The molecule has 0 aromatic heterocycles. The summed E-state index contributed by atoms with van der Waals surface area (Å²) < 4.78 is 11.3. The average Bonchev–Trinajstić information content (AvgIpc) is 2.48. The SMILES string of the molecule is Cc1ccc(NC(=O)[C@H](C)N)cc1OCC1CCOCC1. The monoisotopic (exact) mass is 292 g/mol. The van der Waals surface area contributed by atoms with E-state index >= 15 is 0 Å². The van der Waals surface area contributed by atoms with Crippen LogP contribution >= 0.6 is 0 Å². The number of hydrogen-bond acceptors (Lipinski definition) is 4. The van der Waals surface area contributed by atoms with E-state index in [0.29, 0.717) is 18.2 Å². The van der Waals surface area contributed by atoms with E-state index in [1.165, 1.54) is 0 Å². The smallest absolute Gasteiger partial charge is 0.241 e. The van der Waals surface area contributed by atoms with Crippen LogP contribution in [0.1, 0.15) is 25.3 Å². The zero-order valence-corrected chi connectivity index (χ0v) is 12.7. The minimum absolute atomic E-state index is 0.200. The molecule has 1 aromatic rings. The summed E-state index contributed by atoms with van der Waals surface area (Å²) >= 11 is 0. The molecule has 0 aliphatic carbocycles. The van der Waals surface area contributed by atoms with Crippen LogP contribution in [0.25, 0.3) is 0 Å². The minimum Gasteiger partial charge on any atom is -0.493 e. The average molecular weight is 292 g/mol. The number of rotatable bonds is 5. The first kappa shape index (κ1) is 15.8. The fourth-order valence-electron chi connectivity index (χ4n) is 2.21. The second-order valence-corrected chi connectivity index (χ2v) is 5.62. The van der Waals surface area contributed by atoms with Gasteiger partial charge in [0.25, 0.3) is 0 Å². The van der Waals surface area contributed by atoms with Crippen LogP contribution in [0.3, 0.4) is 0 Å². The van der Waals surface area contributed by atoms with Gasteiger partial charge in [-0.3, -0.25) is 4.79 Å². The molecule has 0 saturated carbocycles. The summed E-state index contributed by atoms with van der Waals surface area (Å²) in [6.45, 7) is 5.98. The van der Waals surface area contributed by atoms with Gasteiger partial charge in [0, 0.05) is 25.0 Å². The molecule has 1 fully saturated rings. The first-order valence-corrected chi connectivity index (χ1v) is 7.44. The Balaban J connectivity index is 1.96. The molecule has 1 heterocycles. The molecule has 0 bridgehead atoms. The van der Waals surface area contributed by atoms with Crippen molar-refractivity contribution >= 4 is 11.6 Å². The van der Waals surface area contributed by atoms with E-state index in [0.717, 1.165) is 37.4 Å². The van der Waals surface area contributed by atoms with Crippen molar-refractivity contribution in [3.63, 3.8) is 0 Å². The molecular weight excluding hydrogens is 268 g/mol. The van der Waals surface area contributed by atoms with Crippen molar-refractivity contribution in [3.8, 4) is 5.75 Å². The molecule has 116 valence electrons. The maximum Gasteiger partial charge on any atom is 0.241 e. The van der Waals surface area contributed by atoms with Crippen LogP contribution < -0.4 is 15.8 Å². The molecule has 0 radical (unpaired) electrons. The lowest BCUT2D eigenvalue weighted by Gasteiger charge is -2.22. The summed E-state index contributed by atoms with van der Waals surface area (Å²) in [7, 11) is 0. The molecule has 21 heavy (non-hydrogen) atoms. The summed E-state index contributed by atoms with van der Waals surface area (Å²) in [5.41, 5.74) is 7.32. The van der Waals surface area contributed by atoms with Crippen LogP contribution in [-0.4, -0.2) is 31.8 Å². The molecule has 1 aliphatic rings. The lowest BCUT2D eigenvalue weighted by Crippen LogP contribution is -2.32. The van der Waals surface area contributed by atoms with Crippen LogP contribution in [0.4, 0.5) is 5.69 Å². The van der Waals surface area contributed by atoms with Gasteiger partial charge in [-0.1, -0.05) is 6.07 Å². The number of nitrogens with two attached hydrogens (primary N) is 1. The van der Waals surface area contributed by atoms with Crippen molar-refractivity contribution in [2.24, 2.45) is 11.7 Å². The highest BCUT2D eigenvalue weighted by molar-refractivity contribution is 5.94. The van der Waals surface area contributed by atoms with Gasteiger partial charge in [-0.25, -0.2) is 0 Å². The van der Waals surface area contributed by atoms with E-state index in [9.17, 15) is 4.79 Å². The van der Waals surface area contributed by atoms with Crippen molar-refractivity contribution in [1.29, 1.82) is 0 Å². The zero-order chi connectivity index (χ0) is 15.2. The Kier molecular flexibility index (Phi) is 5.59. The van der Waals surface area contributed by atoms with Gasteiger partial charge in [-0.15, -0.1) is 0 Å². The van der Waals surface area contributed by atoms with Gasteiger partial charge in [0.1, 0.15) is 5.75 Å². The topological polar surface area (TPSA) is 73.6 Å². The Morgan fingerprint density at radius 2 is 2.19 bits per heavy atom. The van der Waals surface area contributed by atoms with Crippen molar-refractivity contribution in [3.05, 3.63) is 23.8 Å². The number of nitrogens with one attached hydrogen (secondary N) is 1. The predicted octanol–water partition coefficient (Wildman–Crippen LogP) is 2.09.